The van der Waals surface area contributed by atoms with Crippen molar-refractivity contribution in [3.8, 4) is 0 Å². The van der Waals surface area contributed by atoms with Gasteiger partial charge in [0, 0.05) is 6.54 Å². The highest BCUT2D eigenvalue weighted by atomic mass is 17.2. The molecule has 0 aliphatic heterocycles. The highest BCUT2D eigenvalue weighted by molar-refractivity contribution is 5.66. The molecule has 0 aliphatic rings. The van der Waals surface area contributed by atoms with Gasteiger partial charge in [0.1, 0.15) is 0 Å². The molecule has 0 aromatic carbocycles. The Morgan fingerprint density at radius 2 is 2.22 bits per heavy atom. The molecule has 0 heterocycles. The zero-order chi connectivity index (χ0) is 7.11. The molecule has 9 heavy (non-hydrogen) atoms. The summed E-state index contributed by atoms with van der Waals surface area (Å²) in [5.41, 5.74) is 0. The summed E-state index contributed by atoms with van der Waals surface area (Å²) in [5.74, 6) is 0. The Labute approximate surface area is 54.1 Å². The van der Waals surface area contributed by atoms with Gasteiger partial charge in [-0.05, 0) is 13.8 Å². The molecule has 0 radical (unpaired) electrons. The largest absolute Gasteiger partial charge is 0.438 e. The van der Waals surface area contributed by atoms with Crippen LogP contribution in [0.25, 0.3) is 0 Å². The third kappa shape index (κ3) is 5.10. The molecule has 0 atom stereocenters. The van der Waals surface area contributed by atoms with Crippen LogP contribution in [0.4, 0.5) is 4.79 Å². The third-order valence-corrected chi connectivity index (χ3v) is 0.574. The number of carbonyl (C=O) groups excluding carboxylic acids is 1. The van der Waals surface area contributed by atoms with Gasteiger partial charge in [0.05, 0.1) is 6.61 Å². The molecular weight excluding hydrogens is 122 g/mol. The van der Waals surface area contributed by atoms with Crippen LogP contribution in [0.1, 0.15) is 13.8 Å². The lowest BCUT2D eigenvalue weighted by atomic mass is 10.8. The van der Waals surface area contributed by atoms with Crippen molar-refractivity contribution in [2.24, 2.45) is 0 Å². The van der Waals surface area contributed by atoms with Crippen LogP contribution >= 0.6 is 0 Å². The molecule has 0 saturated carbocycles. The van der Waals surface area contributed by atoms with E-state index in [2.05, 4.69) is 15.1 Å². The Bertz CT molecular complexity index is 84.3. The molecular formula is C5H11NO3. The molecule has 54 valence electrons. The fraction of sp³-hybridized carbons (Fsp3) is 0.800. The number of hydrogen-bond acceptors (Lipinski definition) is 3. The third-order valence-electron chi connectivity index (χ3n) is 0.574. The van der Waals surface area contributed by atoms with Gasteiger partial charge in [0.15, 0.2) is 0 Å². The Balaban J connectivity index is 3.06. The smallest absolute Gasteiger partial charge is 0.319 e. The van der Waals surface area contributed by atoms with Crippen LogP contribution < -0.4 is 5.32 Å². The van der Waals surface area contributed by atoms with Crippen LogP contribution in [-0.2, 0) is 9.78 Å². The van der Waals surface area contributed by atoms with Gasteiger partial charge < -0.3 is 5.32 Å². The molecule has 0 aromatic heterocycles. The van der Waals surface area contributed by atoms with Gasteiger partial charge in [0.2, 0.25) is 0 Å². The van der Waals surface area contributed by atoms with E-state index in [1.54, 1.807) is 13.8 Å². The highest BCUT2D eigenvalue weighted by Gasteiger charge is 1.96. The van der Waals surface area contributed by atoms with Gasteiger partial charge >= 0.3 is 6.09 Å². The monoisotopic (exact) mass is 133 g/mol. The van der Waals surface area contributed by atoms with E-state index in [1.165, 1.54) is 0 Å². The van der Waals surface area contributed by atoms with Crippen molar-refractivity contribution in [2.45, 2.75) is 13.8 Å². The lowest BCUT2D eigenvalue weighted by Crippen LogP contribution is -2.23. The van der Waals surface area contributed by atoms with E-state index in [1.807, 2.05) is 0 Å². The maximum atomic E-state index is 10.3. The summed E-state index contributed by atoms with van der Waals surface area (Å²) < 4.78 is 0. The molecule has 0 aromatic rings. The zero-order valence-corrected chi connectivity index (χ0v) is 5.64. The van der Waals surface area contributed by atoms with E-state index in [9.17, 15) is 4.79 Å². The number of rotatable bonds is 3. The van der Waals surface area contributed by atoms with Crippen molar-refractivity contribution in [1.29, 1.82) is 0 Å². The number of hydrogen-bond donors (Lipinski definition) is 1. The van der Waals surface area contributed by atoms with E-state index < -0.39 is 6.09 Å². The van der Waals surface area contributed by atoms with E-state index in [0.29, 0.717) is 13.2 Å². The number of amides is 1. The van der Waals surface area contributed by atoms with Gasteiger partial charge in [-0.1, -0.05) is 0 Å². The SMILES string of the molecule is CCNC(=O)OOCC. The molecule has 0 fully saturated rings. The standard InChI is InChI=1S/C5H11NO3/c1-3-6-5(7)9-8-4-2/h3-4H2,1-2H3,(H,6,7). The van der Waals surface area contributed by atoms with Gasteiger partial charge in [-0.2, -0.15) is 4.89 Å². The van der Waals surface area contributed by atoms with E-state index >= 15 is 0 Å². The van der Waals surface area contributed by atoms with Crippen molar-refractivity contribution in [3.05, 3.63) is 0 Å². The topological polar surface area (TPSA) is 47.6 Å². The average Bonchev–Trinajstić information content (AvgIpc) is 1.85. The van der Waals surface area contributed by atoms with Crippen LogP contribution in [0.15, 0.2) is 0 Å². The summed E-state index contributed by atoms with van der Waals surface area (Å²) in [6.07, 6.45) is -0.542. The molecule has 0 aliphatic carbocycles. The predicted molar refractivity (Wildman–Crippen MR) is 31.8 cm³/mol. The number of nitrogens with one attached hydrogen (secondary N) is 1. The fourth-order valence-electron chi connectivity index (χ4n) is 0.286. The van der Waals surface area contributed by atoms with Crippen molar-refractivity contribution in [2.75, 3.05) is 13.2 Å². The second kappa shape index (κ2) is 5.37. The molecule has 1 N–H and O–H groups in total. The van der Waals surface area contributed by atoms with E-state index in [4.69, 9.17) is 0 Å². The summed E-state index contributed by atoms with van der Waals surface area (Å²) in [6, 6.07) is 0. The first-order valence-corrected chi connectivity index (χ1v) is 2.88. The van der Waals surface area contributed by atoms with Crippen molar-refractivity contribution < 1.29 is 14.6 Å². The minimum absolute atomic E-state index is 0.372. The molecule has 0 saturated heterocycles. The van der Waals surface area contributed by atoms with Crippen LogP contribution in [0.2, 0.25) is 0 Å². The fourth-order valence-corrected chi connectivity index (χ4v) is 0.286. The van der Waals surface area contributed by atoms with E-state index in [0.717, 1.165) is 0 Å². The van der Waals surface area contributed by atoms with E-state index in [-0.39, 0.29) is 0 Å². The zero-order valence-electron chi connectivity index (χ0n) is 5.64. The normalized spacial score (nSPS) is 8.67. The maximum Gasteiger partial charge on any atom is 0.438 e. The summed E-state index contributed by atoms with van der Waals surface area (Å²) in [5, 5.41) is 2.39. The highest BCUT2D eigenvalue weighted by Crippen LogP contribution is 1.77. The maximum absolute atomic E-state index is 10.3. The quantitative estimate of drug-likeness (QED) is 0.455. The van der Waals surface area contributed by atoms with Crippen LogP contribution in [0.5, 0.6) is 0 Å². The van der Waals surface area contributed by atoms with Crippen molar-refractivity contribution in [3.63, 3.8) is 0 Å². The average molecular weight is 133 g/mol. The van der Waals surface area contributed by atoms with Crippen LogP contribution in [-0.4, -0.2) is 19.2 Å². The molecule has 0 bridgehead atoms. The molecule has 1 amide bonds. The molecule has 0 spiro atoms. The van der Waals surface area contributed by atoms with Crippen molar-refractivity contribution in [1.82, 2.24) is 5.32 Å². The first kappa shape index (κ1) is 8.23. The second-order valence-corrected chi connectivity index (χ2v) is 1.31. The lowest BCUT2D eigenvalue weighted by molar-refractivity contribution is -0.234. The minimum Gasteiger partial charge on any atom is -0.319 e. The Morgan fingerprint density at radius 3 is 2.67 bits per heavy atom. The summed E-state index contributed by atoms with van der Waals surface area (Å²) >= 11 is 0. The molecule has 4 nitrogen and oxygen atoms in total. The first-order chi connectivity index (χ1) is 4.31. The van der Waals surface area contributed by atoms with Gasteiger partial charge in [-0.3, -0.25) is 4.89 Å². The van der Waals surface area contributed by atoms with Gasteiger partial charge in [-0.25, -0.2) is 4.79 Å². The Hall–Kier alpha value is -0.770. The van der Waals surface area contributed by atoms with Crippen LogP contribution in [0.3, 0.4) is 0 Å². The first-order valence-electron chi connectivity index (χ1n) is 2.88. The molecule has 0 unspecified atom stereocenters. The van der Waals surface area contributed by atoms with Crippen LogP contribution in [0, 0.1) is 0 Å². The molecule has 0 rings (SSSR count). The summed E-state index contributed by atoms with van der Waals surface area (Å²) in [4.78, 5) is 18.9. The predicted octanol–water partition coefficient (Wildman–Crippen LogP) is 0.684. The summed E-state index contributed by atoms with van der Waals surface area (Å²) in [6.45, 7) is 4.45. The number of carbonyl (C=O) groups is 1. The molecule has 4 heteroatoms. The van der Waals surface area contributed by atoms with Gasteiger partial charge in [0.25, 0.3) is 0 Å². The second-order valence-electron chi connectivity index (χ2n) is 1.31. The minimum atomic E-state index is -0.542. The van der Waals surface area contributed by atoms with Gasteiger partial charge in [-0.15, -0.1) is 0 Å². The Kier molecular flexibility index (Phi) is 4.91. The Morgan fingerprint density at radius 1 is 1.56 bits per heavy atom. The summed E-state index contributed by atoms with van der Waals surface area (Å²) in [7, 11) is 0. The lowest BCUT2D eigenvalue weighted by Gasteiger charge is -1.99. The van der Waals surface area contributed by atoms with Crippen molar-refractivity contribution >= 4 is 6.09 Å².